The third-order valence-corrected chi connectivity index (χ3v) is 4.64. The molecular weight excluding hydrogens is 330 g/mol. The Morgan fingerprint density at radius 1 is 1.19 bits per heavy atom. The summed E-state index contributed by atoms with van der Waals surface area (Å²) in [7, 11) is 1.82. The van der Waals surface area contributed by atoms with Gasteiger partial charge in [-0.05, 0) is 0 Å². The quantitative estimate of drug-likeness (QED) is 0.709. The maximum Gasteiger partial charge on any atom is 0.180 e. The molecule has 0 atom stereocenters. The van der Waals surface area contributed by atoms with Crippen molar-refractivity contribution in [3.63, 3.8) is 0 Å². The van der Waals surface area contributed by atoms with Gasteiger partial charge in [-0.3, -0.25) is 14.1 Å². The largest absolute Gasteiger partial charge is 0.379 e. The number of hydrogen-bond donors (Lipinski definition) is 1. The summed E-state index contributed by atoms with van der Waals surface area (Å²) in [6.07, 6.45) is 5.45. The molecule has 3 heterocycles. The zero-order chi connectivity index (χ0) is 17.9. The summed E-state index contributed by atoms with van der Waals surface area (Å²) < 4.78 is 7.32. The summed E-state index contributed by atoms with van der Waals surface area (Å²) in [4.78, 5) is 23.4. The monoisotopic (exact) mass is 351 g/mol. The van der Waals surface area contributed by atoms with Crippen LogP contribution < -0.4 is 5.32 Å². The van der Waals surface area contributed by atoms with Crippen molar-refractivity contribution in [1.82, 2.24) is 19.3 Å². The van der Waals surface area contributed by atoms with Gasteiger partial charge in [-0.25, -0.2) is 9.97 Å². The lowest BCUT2D eigenvalue weighted by atomic mass is 10.1. The summed E-state index contributed by atoms with van der Waals surface area (Å²) in [5.41, 5.74) is 3.48. The third kappa shape index (κ3) is 3.18. The van der Waals surface area contributed by atoms with Crippen molar-refractivity contribution in [1.29, 1.82) is 0 Å². The van der Waals surface area contributed by atoms with Crippen LogP contribution in [-0.2, 0) is 4.74 Å². The Morgan fingerprint density at radius 2 is 1.96 bits per heavy atom. The van der Waals surface area contributed by atoms with E-state index >= 15 is 0 Å². The molecule has 134 valence electrons. The van der Waals surface area contributed by atoms with Gasteiger partial charge in [0, 0.05) is 43.7 Å². The van der Waals surface area contributed by atoms with Crippen LogP contribution in [0.3, 0.4) is 0 Å². The van der Waals surface area contributed by atoms with Gasteiger partial charge in [0.15, 0.2) is 17.2 Å². The highest BCUT2D eigenvalue weighted by atomic mass is 16.5. The number of imidazole rings is 1. The number of nitrogens with one attached hydrogen (secondary N) is 1. The van der Waals surface area contributed by atoms with Gasteiger partial charge in [-0.15, -0.1) is 0 Å². The number of nitrogens with zero attached hydrogens (tertiary/aromatic N) is 4. The summed E-state index contributed by atoms with van der Waals surface area (Å²) >= 11 is 0. The van der Waals surface area contributed by atoms with Crippen LogP contribution in [0.25, 0.3) is 16.9 Å². The standard InChI is InChI=1S/C19H21N5O2/c1-20-18-19-22-12-16(24(19)7-6-21-18)14-2-4-15(5-3-14)17(25)13-23-8-10-26-11-9-23/h2-7,12H,8-11,13H2,1H3,(H,20,21). The number of anilines is 1. The highest BCUT2D eigenvalue weighted by Gasteiger charge is 2.16. The number of Topliss-reactive ketones (excluding diaryl/α,β-unsaturated/α-hetero) is 1. The van der Waals surface area contributed by atoms with E-state index in [9.17, 15) is 4.79 Å². The number of rotatable bonds is 5. The molecule has 1 saturated heterocycles. The minimum Gasteiger partial charge on any atom is -0.379 e. The Hall–Kier alpha value is -2.77. The molecule has 1 aliphatic heterocycles. The Balaban J connectivity index is 1.55. The number of ketones is 1. The van der Waals surface area contributed by atoms with Crippen molar-refractivity contribution >= 4 is 17.2 Å². The normalized spacial score (nSPS) is 15.3. The Kier molecular flexibility index (Phi) is 4.64. The molecule has 26 heavy (non-hydrogen) atoms. The maximum atomic E-state index is 12.5. The Labute approximate surface area is 151 Å². The van der Waals surface area contributed by atoms with Crippen LogP contribution in [0.5, 0.6) is 0 Å². The van der Waals surface area contributed by atoms with Crippen LogP contribution in [-0.4, -0.2) is 64.9 Å². The predicted octanol–water partition coefficient (Wildman–Crippen LogP) is 1.95. The molecule has 7 heteroatoms. The minimum atomic E-state index is 0.137. The van der Waals surface area contributed by atoms with E-state index in [0.29, 0.717) is 19.8 Å². The fraction of sp³-hybridized carbons (Fsp3) is 0.316. The van der Waals surface area contributed by atoms with E-state index in [-0.39, 0.29) is 5.78 Å². The zero-order valence-electron chi connectivity index (χ0n) is 14.7. The van der Waals surface area contributed by atoms with E-state index in [2.05, 4.69) is 20.2 Å². The van der Waals surface area contributed by atoms with Gasteiger partial charge in [0.1, 0.15) is 0 Å². The van der Waals surface area contributed by atoms with Crippen molar-refractivity contribution in [2.24, 2.45) is 0 Å². The molecule has 0 aliphatic carbocycles. The average molecular weight is 351 g/mol. The van der Waals surface area contributed by atoms with Crippen LogP contribution in [0.4, 0.5) is 5.82 Å². The van der Waals surface area contributed by atoms with Crippen molar-refractivity contribution in [2.45, 2.75) is 0 Å². The summed E-state index contributed by atoms with van der Waals surface area (Å²) in [6, 6.07) is 7.71. The number of morpholine rings is 1. The molecule has 0 saturated carbocycles. The lowest BCUT2D eigenvalue weighted by molar-refractivity contribution is 0.0371. The first-order valence-corrected chi connectivity index (χ1v) is 8.70. The fourth-order valence-corrected chi connectivity index (χ4v) is 3.19. The summed E-state index contributed by atoms with van der Waals surface area (Å²) in [5, 5.41) is 3.04. The maximum absolute atomic E-state index is 12.5. The van der Waals surface area contributed by atoms with Gasteiger partial charge >= 0.3 is 0 Å². The molecule has 1 fully saturated rings. The van der Waals surface area contributed by atoms with Gasteiger partial charge in [0.05, 0.1) is 31.6 Å². The Morgan fingerprint density at radius 3 is 2.69 bits per heavy atom. The lowest BCUT2D eigenvalue weighted by Gasteiger charge is -2.25. The second kappa shape index (κ2) is 7.23. The van der Waals surface area contributed by atoms with Crippen LogP contribution in [0.1, 0.15) is 10.4 Å². The number of carbonyl (C=O) groups excluding carboxylic acids is 1. The fourth-order valence-electron chi connectivity index (χ4n) is 3.19. The van der Waals surface area contributed by atoms with Gasteiger partial charge < -0.3 is 10.1 Å². The molecule has 1 aliphatic rings. The zero-order valence-corrected chi connectivity index (χ0v) is 14.7. The van der Waals surface area contributed by atoms with Crippen LogP contribution in [0.2, 0.25) is 0 Å². The van der Waals surface area contributed by atoms with Gasteiger partial charge in [0.2, 0.25) is 0 Å². The van der Waals surface area contributed by atoms with E-state index in [1.54, 1.807) is 6.20 Å². The molecule has 1 aromatic carbocycles. The molecule has 0 unspecified atom stereocenters. The smallest absolute Gasteiger partial charge is 0.180 e. The first kappa shape index (κ1) is 16.7. The number of hydrogen-bond acceptors (Lipinski definition) is 6. The van der Waals surface area contributed by atoms with Gasteiger partial charge in [-0.1, -0.05) is 24.3 Å². The van der Waals surface area contributed by atoms with E-state index in [0.717, 1.165) is 41.4 Å². The molecule has 4 rings (SSSR count). The first-order chi connectivity index (χ1) is 12.8. The number of aromatic nitrogens is 3. The number of ether oxygens (including phenoxy) is 1. The number of benzene rings is 1. The highest BCUT2D eigenvalue weighted by molar-refractivity contribution is 5.98. The van der Waals surface area contributed by atoms with Crippen molar-refractivity contribution < 1.29 is 9.53 Å². The topological polar surface area (TPSA) is 71.8 Å². The first-order valence-electron chi connectivity index (χ1n) is 8.70. The molecule has 0 bridgehead atoms. The predicted molar refractivity (Wildman–Crippen MR) is 99.6 cm³/mol. The van der Waals surface area contributed by atoms with Crippen molar-refractivity contribution in [3.05, 3.63) is 48.4 Å². The lowest BCUT2D eigenvalue weighted by Crippen LogP contribution is -2.39. The van der Waals surface area contributed by atoms with E-state index < -0.39 is 0 Å². The number of fused-ring (bicyclic) bond motifs is 1. The van der Waals surface area contributed by atoms with E-state index in [1.807, 2.05) is 48.1 Å². The molecule has 0 amide bonds. The molecule has 1 N–H and O–H groups in total. The number of carbonyl (C=O) groups is 1. The minimum absolute atomic E-state index is 0.137. The molecule has 0 radical (unpaired) electrons. The van der Waals surface area contributed by atoms with Crippen LogP contribution in [0, 0.1) is 0 Å². The average Bonchev–Trinajstić information content (AvgIpc) is 3.13. The van der Waals surface area contributed by atoms with Crippen LogP contribution >= 0.6 is 0 Å². The third-order valence-electron chi connectivity index (χ3n) is 4.64. The van der Waals surface area contributed by atoms with Gasteiger partial charge in [0.25, 0.3) is 0 Å². The molecule has 0 spiro atoms. The SMILES string of the molecule is CNc1nccn2c(-c3ccc(C(=O)CN4CCOCC4)cc3)cnc12. The van der Waals surface area contributed by atoms with E-state index in [4.69, 9.17) is 4.74 Å². The summed E-state index contributed by atoms with van der Waals surface area (Å²) in [5.74, 6) is 0.870. The molecular formula is C19H21N5O2. The van der Waals surface area contributed by atoms with Gasteiger partial charge in [-0.2, -0.15) is 0 Å². The Bertz CT molecular complexity index is 913. The summed E-state index contributed by atoms with van der Waals surface area (Å²) in [6.45, 7) is 3.46. The van der Waals surface area contributed by atoms with Crippen LogP contribution in [0.15, 0.2) is 42.9 Å². The van der Waals surface area contributed by atoms with Crippen molar-refractivity contribution in [2.75, 3.05) is 45.2 Å². The van der Waals surface area contributed by atoms with Crippen molar-refractivity contribution in [3.8, 4) is 11.3 Å². The molecule has 3 aromatic rings. The molecule has 7 nitrogen and oxygen atoms in total. The highest BCUT2D eigenvalue weighted by Crippen LogP contribution is 2.23. The molecule has 2 aromatic heterocycles. The van der Waals surface area contributed by atoms with E-state index in [1.165, 1.54) is 0 Å². The second-order valence-electron chi connectivity index (χ2n) is 6.25. The second-order valence-corrected chi connectivity index (χ2v) is 6.25.